The minimum atomic E-state index is -0.235. The van der Waals surface area contributed by atoms with Gasteiger partial charge in [0.05, 0.1) is 45.8 Å². The van der Waals surface area contributed by atoms with E-state index in [0.29, 0.717) is 35.6 Å². The predicted molar refractivity (Wildman–Crippen MR) is 275 cm³/mol. The number of amides is 2. The Hall–Kier alpha value is -7.71. The molecule has 12 rings (SSSR count). The molecule has 354 valence electrons. The van der Waals surface area contributed by atoms with Gasteiger partial charge >= 0.3 is 0 Å². The second-order valence-electron chi connectivity index (χ2n) is 18.6. The Morgan fingerprint density at radius 1 is 0.571 bits per heavy atom. The van der Waals surface area contributed by atoms with E-state index in [-0.39, 0.29) is 17.6 Å². The first kappa shape index (κ1) is 44.8. The highest BCUT2D eigenvalue weighted by molar-refractivity contribution is 5.96. The highest BCUT2D eigenvalue weighted by Crippen LogP contribution is 2.31. The number of nitrogens with zero attached hydrogens (tertiary/aromatic N) is 7. The lowest BCUT2D eigenvalue weighted by Crippen LogP contribution is -2.25. The van der Waals surface area contributed by atoms with Crippen molar-refractivity contribution in [1.29, 1.82) is 0 Å². The molecule has 1 saturated heterocycles. The van der Waals surface area contributed by atoms with Gasteiger partial charge in [-0.1, -0.05) is 60.7 Å². The van der Waals surface area contributed by atoms with E-state index in [1.807, 2.05) is 103 Å². The van der Waals surface area contributed by atoms with E-state index in [1.54, 1.807) is 12.1 Å². The molecular weight excluding hydrogens is 878 g/mol. The average molecular weight is 934 g/mol. The van der Waals surface area contributed by atoms with E-state index in [4.69, 9.17) is 19.9 Å². The van der Waals surface area contributed by atoms with Crippen molar-refractivity contribution in [3.8, 4) is 22.5 Å². The fourth-order valence-corrected chi connectivity index (χ4v) is 9.23. The number of hydrogen-bond acceptors (Lipinski definition) is 9. The number of unbranched alkanes of at least 4 members (excludes halogenated alkanes) is 1. The molecular formula is C56H56FN11O2. The summed E-state index contributed by atoms with van der Waals surface area (Å²) in [7, 11) is 0. The molecule has 4 N–H and O–H groups in total. The SMILES string of the molecule is O=C(NC1CC1)c1ccc(-c2cnc3c(NCCCCN4CCCC4)nc4ccccc4n23)cc1.O=C(NC1CC1)c1ccc(-c2cnc3c(NCCc4ccc(F)cc4)nc4ccccc4n23)cc1. The summed E-state index contributed by atoms with van der Waals surface area (Å²) in [5, 5.41) is 13.0. The zero-order valence-corrected chi connectivity index (χ0v) is 39.1. The first-order valence-electron chi connectivity index (χ1n) is 24.7. The third kappa shape index (κ3) is 10.0. The minimum Gasteiger partial charge on any atom is -0.367 e. The summed E-state index contributed by atoms with van der Waals surface area (Å²) in [4.78, 5) is 46.5. The molecule has 14 heteroatoms. The largest absolute Gasteiger partial charge is 0.367 e. The number of aromatic nitrogens is 6. The fraction of sp³-hybridized carbons (Fsp3) is 0.286. The van der Waals surface area contributed by atoms with Crippen LogP contribution in [0, 0.1) is 5.82 Å². The summed E-state index contributed by atoms with van der Waals surface area (Å²) < 4.78 is 17.5. The number of para-hydroxylation sites is 4. The molecule has 2 amide bonds. The van der Waals surface area contributed by atoms with E-state index in [2.05, 4.69) is 41.0 Å². The fourth-order valence-electron chi connectivity index (χ4n) is 9.23. The summed E-state index contributed by atoms with van der Waals surface area (Å²) in [6.45, 7) is 5.21. The number of halogens is 1. The van der Waals surface area contributed by atoms with Crippen LogP contribution in [0.2, 0.25) is 0 Å². The molecule has 70 heavy (non-hydrogen) atoms. The maximum absolute atomic E-state index is 13.2. The van der Waals surface area contributed by atoms with Gasteiger partial charge in [0.2, 0.25) is 0 Å². The maximum Gasteiger partial charge on any atom is 0.251 e. The van der Waals surface area contributed by atoms with Crippen molar-refractivity contribution in [2.45, 2.75) is 69.9 Å². The maximum atomic E-state index is 13.2. The van der Waals surface area contributed by atoms with Gasteiger partial charge in [-0.15, -0.1) is 0 Å². The van der Waals surface area contributed by atoms with E-state index in [9.17, 15) is 14.0 Å². The third-order valence-electron chi connectivity index (χ3n) is 13.4. The van der Waals surface area contributed by atoms with Gasteiger partial charge in [-0.3, -0.25) is 18.4 Å². The lowest BCUT2D eigenvalue weighted by molar-refractivity contribution is 0.0942. The van der Waals surface area contributed by atoms with Crippen molar-refractivity contribution in [3.63, 3.8) is 0 Å². The van der Waals surface area contributed by atoms with Gasteiger partial charge in [-0.25, -0.2) is 24.3 Å². The number of anilines is 2. The van der Waals surface area contributed by atoms with Crippen molar-refractivity contribution in [2.24, 2.45) is 0 Å². The highest BCUT2D eigenvalue weighted by atomic mass is 19.1. The second-order valence-corrected chi connectivity index (χ2v) is 18.6. The van der Waals surface area contributed by atoms with Crippen molar-refractivity contribution in [2.75, 3.05) is 43.4 Å². The summed E-state index contributed by atoms with van der Waals surface area (Å²) in [5.74, 6) is 1.25. The van der Waals surface area contributed by atoms with Crippen LogP contribution in [0.4, 0.5) is 16.0 Å². The Bertz CT molecular complexity index is 3300. The van der Waals surface area contributed by atoms with Crippen molar-refractivity contribution < 1.29 is 14.0 Å². The first-order chi connectivity index (χ1) is 34.4. The van der Waals surface area contributed by atoms with E-state index < -0.39 is 0 Å². The number of nitrogens with one attached hydrogen (secondary N) is 4. The number of fused-ring (bicyclic) bond motifs is 6. The molecule has 0 bridgehead atoms. The number of carbonyl (C=O) groups is 2. The number of likely N-dealkylation sites (tertiary alicyclic amines) is 1. The first-order valence-corrected chi connectivity index (χ1v) is 24.7. The van der Waals surface area contributed by atoms with Gasteiger partial charge in [0.1, 0.15) is 5.82 Å². The van der Waals surface area contributed by atoms with Gasteiger partial charge in [-0.05, 0) is 144 Å². The van der Waals surface area contributed by atoms with E-state index in [1.165, 1.54) is 51.0 Å². The van der Waals surface area contributed by atoms with Crippen LogP contribution in [0.5, 0.6) is 0 Å². The van der Waals surface area contributed by atoms with Crippen LogP contribution in [0.1, 0.15) is 77.6 Å². The lowest BCUT2D eigenvalue weighted by atomic mass is 10.1. The third-order valence-corrected chi connectivity index (χ3v) is 13.4. The van der Waals surface area contributed by atoms with Crippen molar-refractivity contribution >= 4 is 56.8 Å². The Morgan fingerprint density at radius 2 is 1.06 bits per heavy atom. The predicted octanol–water partition coefficient (Wildman–Crippen LogP) is 9.96. The minimum absolute atomic E-state index is 0.00283. The van der Waals surface area contributed by atoms with Crippen LogP contribution >= 0.6 is 0 Å². The molecule has 9 aromatic rings. The normalized spacial score (nSPS) is 14.8. The Balaban J connectivity index is 0.000000152. The van der Waals surface area contributed by atoms with Crippen LogP contribution in [0.15, 0.2) is 134 Å². The molecule has 1 aliphatic heterocycles. The summed E-state index contributed by atoms with van der Waals surface area (Å²) in [6, 6.07) is 38.8. The summed E-state index contributed by atoms with van der Waals surface area (Å²) in [5.41, 5.74) is 11.6. The monoisotopic (exact) mass is 933 g/mol. The van der Waals surface area contributed by atoms with Gasteiger partial charge in [0.25, 0.3) is 11.8 Å². The molecule has 5 heterocycles. The van der Waals surface area contributed by atoms with Gasteiger partial charge in [0, 0.05) is 47.4 Å². The standard InChI is InChI=1S/C28H24FN5O.C28H32N6O/c29-21-11-5-18(6-12-21)15-16-30-26-27-31-17-25(34(27)24-4-2-1-3-23(24)33-26)19-7-9-20(10-8-19)28(35)32-22-13-14-22;35-28(31-22-13-14-22)21-11-9-20(10-12-21)25-19-30-27-26(29-15-3-4-16-33-17-5-6-18-33)32-23-7-1-2-8-24(23)34(25)27/h1-12,17,22H,13-16H2,(H,30,33)(H,32,35);1-2,7-12,19,22H,3-6,13-18H2,(H,29,32)(H,31,35). The zero-order valence-electron chi connectivity index (χ0n) is 39.1. The van der Waals surface area contributed by atoms with Crippen molar-refractivity contribution in [3.05, 3.63) is 156 Å². The summed E-state index contributed by atoms with van der Waals surface area (Å²) in [6.07, 6.45) is 13.8. The van der Waals surface area contributed by atoms with Gasteiger partial charge in [0.15, 0.2) is 22.9 Å². The lowest BCUT2D eigenvalue weighted by Gasteiger charge is -2.14. The number of benzene rings is 5. The molecule has 4 aromatic heterocycles. The van der Waals surface area contributed by atoms with Crippen LogP contribution in [-0.2, 0) is 6.42 Å². The topological polar surface area (TPSA) is 146 Å². The van der Waals surface area contributed by atoms with Crippen LogP contribution in [0.3, 0.4) is 0 Å². The second kappa shape index (κ2) is 20.1. The molecule has 2 saturated carbocycles. The average Bonchev–Trinajstić information content (AvgIpc) is 4.21. The molecule has 3 fully saturated rings. The molecule has 3 aliphatic rings. The molecule has 13 nitrogen and oxygen atoms in total. The van der Waals surface area contributed by atoms with Crippen LogP contribution in [0.25, 0.3) is 55.9 Å². The van der Waals surface area contributed by atoms with Gasteiger partial charge < -0.3 is 26.2 Å². The van der Waals surface area contributed by atoms with Crippen LogP contribution in [-0.4, -0.2) is 90.3 Å². The number of hydrogen-bond donors (Lipinski definition) is 4. The van der Waals surface area contributed by atoms with Crippen LogP contribution < -0.4 is 21.3 Å². The number of imidazole rings is 2. The Morgan fingerprint density at radius 3 is 1.56 bits per heavy atom. The molecule has 0 atom stereocenters. The van der Waals surface area contributed by atoms with Gasteiger partial charge in [-0.2, -0.15) is 0 Å². The van der Waals surface area contributed by atoms with E-state index >= 15 is 0 Å². The highest BCUT2D eigenvalue weighted by Gasteiger charge is 2.25. The zero-order chi connectivity index (χ0) is 47.4. The van der Waals surface area contributed by atoms with Crippen molar-refractivity contribution in [1.82, 2.24) is 44.3 Å². The Kier molecular flexibility index (Phi) is 12.9. The number of rotatable bonds is 16. The van der Waals surface area contributed by atoms with E-state index in [0.717, 1.165) is 112 Å². The molecule has 0 unspecified atom stereocenters. The quantitative estimate of drug-likeness (QED) is 0.0696. The number of carbonyl (C=O) groups excluding carboxylic acids is 2. The summed E-state index contributed by atoms with van der Waals surface area (Å²) >= 11 is 0. The molecule has 0 radical (unpaired) electrons. The molecule has 0 spiro atoms. The molecule has 5 aromatic carbocycles. The Labute approximate surface area is 405 Å². The molecule has 2 aliphatic carbocycles. The smallest absolute Gasteiger partial charge is 0.251 e.